The summed E-state index contributed by atoms with van der Waals surface area (Å²) in [4.78, 5) is 12.8. The molecule has 1 aliphatic carbocycles. The quantitative estimate of drug-likeness (QED) is 0.224. The molecule has 2 aromatic carbocycles. The molecule has 0 unspecified atom stereocenters. The van der Waals surface area contributed by atoms with Gasteiger partial charge in [-0.05, 0) is 17.0 Å². The number of carbonyl (C=O) groups excluding carboxylic acids is 1. The van der Waals surface area contributed by atoms with Gasteiger partial charge in [0.25, 0.3) is 0 Å². The van der Waals surface area contributed by atoms with Crippen molar-refractivity contribution in [2.45, 2.75) is 0 Å². The fraction of sp³-hybridized carbons (Fsp3) is 0.409. The Morgan fingerprint density at radius 1 is 0.786 bits per heavy atom. The molecule has 0 radical (unpaired) electrons. The monoisotopic (exact) mass is 390 g/mol. The highest BCUT2D eigenvalue weighted by Gasteiger charge is 2.22. The summed E-state index contributed by atoms with van der Waals surface area (Å²) < 4.78 is 0. The summed E-state index contributed by atoms with van der Waals surface area (Å²) >= 11 is 0. The van der Waals surface area contributed by atoms with Crippen LogP contribution in [-0.4, -0.2) is 64.7 Å². The standard InChI is InChI=1S/C22H31N5O.2H2/c23-7-8-24-9-10-25-11-12-26-13-14-27-16-19-15-18-5-1-3-17-4-2-6-20(21(17)18)22(19)28;;/h1-6,15,24-27H,7-14,16,23H2;2*1H/p+5. The number of hydrogen-bond donors (Lipinski definition) is 5. The molecule has 0 amide bonds. The molecule has 11 N–H and O–H groups in total. The minimum absolute atomic E-state index is 0. The SMILES string of the molecule is [HH].[HH].[NH3+]CC[NH2+]CC[NH2+]CC[NH2+]CC[NH2+]CC1=Cc2cccc3cccc(c23)C1=O. The fourth-order valence-electron chi connectivity index (χ4n) is 3.80. The van der Waals surface area contributed by atoms with Crippen molar-refractivity contribution in [2.75, 3.05) is 58.9 Å². The molecular formula is C22H40N5O+5. The van der Waals surface area contributed by atoms with Crippen LogP contribution in [-0.2, 0) is 0 Å². The maximum atomic E-state index is 12.8. The number of rotatable bonds is 13. The summed E-state index contributed by atoms with van der Waals surface area (Å²) in [5.41, 5.74) is 6.79. The highest BCUT2D eigenvalue weighted by molar-refractivity contribution is 6.22. The molecule has 0 saturated carbocycles. The average Bonchev–Trinajstić information content (AvgIpc) is 2.72. The number of quaternary nitrogens is 5. The van der Waals surface area contributed by atoms with Crippen molar-refractivity contribution in [1.29, 1.82) is 0 Å². The largest absolute Gasteiger partial charge is 0.353 e. The molecule has 3 rings (SSSR count). The Morgan fingerprint density at radius 3 is 2.07 bits per heavy atom. The lowest BCUT2D eigenvalue weighted by Crippen LogP contribution is -3.01. The van der Waals surface area contributed by atoms with Crippen LogP contribution in [0.5, 0.6) is 0 Å². The second-order valence-electron chi connectivity index (χ2n) is 7.48. The molecule has 28 heavy (non-hydrogen) atoms. The zero-order valence-electron chi connectivity index (χ0n) is 16.8. The zero-order chi connectivity index (χ0) is 19.6. The third kappa shape index (κ3) is 5.47. The Hall–Kier alpha value is -2.09. The van der Waals surface area contributed by atoms with Gasteiger partial charge >= 0.3 is 0 Å². The van der Waals surface area contributed by atoms with E-state index in [1.54, 1.807) is 0 Å². The van der Waals surface area contributed by atoms with E-state index in [9.17, 15) is 4.79 Å². The van der Waals surface area contributed by atoms with Crippen LogP contribution in [0.2, 0.25) is 0 Å². The van der Waals surface area contributed by atoms with Crippen LogP contribution in [0.25, 0.3) is 16.8 Å². The van der Waals surface area contributed by atoms with Crippen LogP contribution in [0.15, 0.2) is 42.0 Å². The van der Waals surface area contributed by atoms with Gasteiger partial charge < -0.3 is 27.0 Å². The van der Waals surface area contributed by atoms with Crippen LogP contribution in [0.1, 0.15) is 18.8 Å². The summed E-state index contributed by atoms with van der Waals surface area (Å²) in [6, 6.07) is 12.3. The van der Waals surface area contributed by atoms with E-state index >= 15 is 0 Å². The molecule has 0 aromatic heterocycles. The maximum Gasteiger partial charge on any atom is 0.195 e. The number of Topliss-reactive ketones (excluding diaryl/α,β-unsaturated/α-hetero) is 1. The molecule has 0 heterocycles. The summed E-state index contributed by atoms with van der Waals surface area (Å²) in [6.45, 7) is 9.72. The highest BCUT2D eigenvalue weighted by atomic mass is 16.1. The molecular weight excluding hydrogens is 350 g/mol. The molecule has 6 heteroatoms. The smallest absolute Gasteiger partial charge is 0.195 e. The summed E-state index contributed by atoms with van der Waals surface area (Å²) in [5, 5.41) is 11.6. The van der Waals surface area contributed by atoms with Crippen molar-refractivity contribution in [3.63, 3.8) is 0 Å². The molecule has 1 aliphatic rings. The summed E-state index contributed by atoms with van der Waals surface area (Å²) in [5.74, 6) is 0.190. The second kappa shape index (κ2) is 11.0. The van der Waals surface area contributed by atoms with Gasteiger partial charge in [0, 0.05) is 13.8 Å². The first-order valence-corrected chi connectivity index (χ1v) is 10.6. The molecule has 0 bridgehead atoms. The Kier molecular flexibility index (Phi) is 8.14. The van der Waals surface area contributed by atoms with Crippen LogP contribution in [0.3, 0.4) is 0 Å². The lowest BCUT2D eigenvalue weighted by Gasteiger charge is -2.16. The summed E-state index contributed by atoms with van der Waals surface area (Å²) in [6.07, 6.45) is 2.08. The van der Waals surface area contributed by atoms with Gasteiger partial charge in [0.1, 0.15) is 58.9 Å². The molecule has 0 saturated heterocycles. The van der Waals surface area contributed by atoms with Gasteiger partial charge in [-0.15, -0.1) is 0 Å². The average molecular weight is 391 g/mol. The van der Waals surface area contributed by atoms with E-state index in [1.807, 2.05) is 12.1 Å². The van der Waals surface area contributed by atoms with Crippen molar-refractivity contribution >= 4 is 22.6 Å². The summed E-state index contributed by atoms with van der Waals surface area (Å²) in [7, 11) is 0. The van der Waals surface area contributed by atoms with E-state index in [1.165, 1.54) is 25.2 Å². The van der Waals surface area contributed by atoms with E-state index in [4.69, 9.17) is 0 Å². The first-order chi connectivity index (χ1) is 13.8. The van der Waals surface area contributed by atoms with Gasteiger partial charge in [0.15, 0.2) is 5.78 Å². The predicted octanol–water partition coefficient (Wildman–Crippen LogP) is -3.59. The van der Waals surface area contributed by atoms with E-state index in [0.717, 1.165) is 61.2 Å². The molecule has 6 nitrogen and oxygen atoms in total. The van der Waals surface area contributed by atoms with Crippen LogP contribution in [0, 0.1) is 0 Å². The van der Waals surface area contributed by atoms with Crippen molar-refractivity contribution in [1.82, 2.24) is 0 Å². The Morgan fingerprint density at radius 2 is 1.39 bits per heavy atom. The van der Waals surface area contributed by atoms with E-state index in [-0.39, 0.29) is 8.64 Å². The zero-order valence-corrected chi connectivity index (χ0v) is 16.8. The maximum absolute atomic E-state index is 12.8. The van der Waals surface area contributed by atoms with Crippen molar-refractivity contribution in [3.8, 4) is 0 Å². The van der Waals surface area contributed by atoms with Gasteiger partial charge in [-0.2, -0.15) is 0 Å². The Labute approximate surface area is 169 Å². The number of benzene rings is 2. The third-order valence-electron chi connectivity index (χ3n) is 5.30. The van der Waals surface area contributed by atoms with Crippen LogP contribution < -0.4 is 27.0 Å². The van der Waals surface area contributed by atoms with Gasteiger partial charge in [-0.3, -0.25) is 4.79 Å². The first kappa shape index (κ1) is 20.6. The number of hydrogen-bond acceptors (Lipinski definition) is 1. The van der Waals surface area contributed by atoms with E-state index in [0.29, 0.717) is 0 Å². The molecule has 154 valence electrons. The molecule has 2 aromatic rings. The second-order valence-corrected chi connectivity index (χ2v) is 7.48. The van der Waals surface area contributed by atoms with E-state index in [2.05, 4.69) is 57.3 Å². The predicted molar refractivity (Wildman–Crippen MR) is 115 cm³/mol. The van der Waals surface area contributed by atoms with Gasteiger partial charge in [0.05, 0.1) is 5.57 Å². The minimum Gasteiger partial charge on any atom is -0.353 e. The van der Waals surface area contributed by atoms with E-state index < -0.39 is 0 Å². The Bertz CT molecular complexity index is 823. The number of carbonyl (C=O) groups is 1. The molecule has 0 spiro atoms. The van der Waals surface area contributed by atoms with Crippen molar-refractivity contribution < 1.29 is 34.6 Å². The van der Waals surface area contributed by atoms with Gasteiger partial charge in [-0.1, -0.05) is 36.4 Å². The highest BCUT2D eigenvalue weighted by Crippen LogP contribution is 2.30. The first-order valence-electron chi connectivity index (χ1n) is 10.6. The number of ketones is 1. The van der Waals surface area contributed by atoms with Gasteiger partial charge in [0.2, 0.25) is 0 Å². The van der Waals surface area contributed by atoms with Crippen LogP contribution in [0.4, 0.5) is 0 Å². The van der Waals surface area contributed by atoms with Gasteiger partial charge in [-0.25, -0.2) is 0 Å². The topological polar surface area (TPSA) is 111 Å². The van der Waals surface area contributed by atoms with Crippen LogP contribution >= 0.6 is 0 Å². The molecule has 0 fully saturated rings. The lowest BCUT2D eigenvalue weighted by atomic mass is 9.88. The molecule has 0 aliphatic heterocycles. The third-order valence-corrected chi connectivity index (χ3v) is 5.30. The fourth-order valence-corrected chi connectivity index (χ4v) is 3.80. The molecule has 0 atom stereocenters. The lowest BCUT2D eigenvalue weighted by molar-refractivity contribution is -0.763. The minimum atomic E-state index is 0. The Balaban J connectivity index is 0.00000225. The normalized spacial score (nSPS) is 13.2. The number of nitrogens with two attached hydrogens (primary N) is 4. The van der Waals surface area contributed by atoms with Crippen molar-refractivity contribution in [2.24, 2.45) is 0 Å². The van der Waals surface area contributed by atoms with Crippen molar-refractivity contribution in [3.05, 3.63) is 53.1 Å².